The molecule has 1 atom stereocenters. The summed E-state index contributed by atoms with van der Waals surface area (Å²) >= 11 is 0. The van der Waals surface area contributed by atoms with Gasteiger partial charge in [-0.3, -0.25) is 0 Å². The number of quaternary nitrogens is 1. The van der Waals surface area contributed by atoms with Crippen LogP contribution in [0.1, 0.15) is 22.7 Å². The number of aromatic hydroxyl groups is 1. The van der Waals surface area contributed by atoms with Crippen molar-refractivity contribution >= 4 is 0 Å². The summed E-state index contributed by atoms with van der Waals surface area (Å²) in [6.07, 6.45) is 1.88. The summed E-state index contributed by atoms with van der Waals surface area (Å²) in [5.41, 5.74) is 3.73. The molecule has 0 amide bonds. The van der Waals surface area contributed by atoms with Crippen LogP contribution in [0.4, 0.5) is 0 Å². The van der Waals surface area contributed by atoms with E-state index in [2.05, 4.69) is 17.4 Å². The largest absolute Gasteiger partial charge is 0.504 e. The highest BCUT2D eigenvalue weighted by atomic mass is 16.5. The van der Waals surface area contributed by atoms with Crippen molar-refractivity contribution in [3.05, 3.63) is 47.0 Å². The summed E-state index contributed by atoms with van der Waals surface area (Å²) in [6.45, 7) is 1.04. The zero-order valence-electron chi connectivity index (χ0n) is 14.3. The van der Waals surface area contributed by atoms with Gasteiger partial charge in [-0.2, -0.15) is 0 Å². The van der Waals surface area contributed by atoms with E-state index in [9.17, 15) is 5.11 Å². The predicted molar refractivity (Wildman–Crippen MR) is 91.1 cm³/mol. The highest BCUT2D eigenvalue weighted by Gasteiger charge is 2.26. The number of hydrogen-bond donors (Lipinski definition) is 2. The Hall–Kier alpha value is -2.40. The van der Waals surface area contributed by atoms with Crippen LogP contribution in [0.3, 0.4) is 0 Å². The summed E-state index contributed by atoms with van der Waals surface area (Å²) in [5.74, 6) is 2.22. The number of hydrogen-bond acceptors (Lipinski definition) is 4. The monoisotopic (exact) mass is 330 g/mol. The molecule has 0 aromatic heterocycles. The van der Waals surface area contributed by atoms with Crippen LogP contribution in [-0.4, -0.2) is 33.0 Å². The van der Waals surface area contributed by atoms with Crippen molar-refractivity contribution in [3.63, 3.8) is 0 Å². The van der Waals surface area contributed by atoms with Crippen LogP contribution < -0.4 is 19.5 Å². The Kier molecular flexibility index (Phi) is 4.81. The van der Waals surface area contributed by atoms with Crippen LogP contribution in [0.2, 0.25) is 0 Å². The van der Waals surface area contributed by atoms with Crippen molar-refractivity contribution in [1.29, 1.82) is 0 Å². The summed E-state index contributed by atoms with van der Waals surface area (Å²) < 4.78 is 16.1. The number of phenols is 1. The van der Waals surface area contributed by atoms with Gasteiger partial charge in [0.1, 0.15) is 6.04 Å². The second-order valence-electron chi connectivity index (χ2n) is 6.00. The maximum atomic E-state index is 9.76. The molecule has 5 heteroatoms. The molecule has 1 heterocycles. The lowest BCUT2D eigenvalue weighted by Gasteiger charge is -2.25. The number of rotatable bonds is 5. The first-order valence-electron chi connectivity index (χ1n) is 8.10. The molecule has 0 unspecified atom stereocenters. The Morgan fingerprint density at radius 3 is 2.42 bits per heavy atom. The lowest BCUT2D eigenvalue weighted by Crippen LogP contribution is -2.87. The van der Waals surface area contributed by atoms with E-state index in [0.717, 1.165) is 36.4 Å². The third-order valence-corrected chi connectivity index (χ3v) is 4.61. The van der Waals surface area contributed by atoms with E-state index >= 15 is 0 Å². The maximum Gasteiger partial charge on any atom is 0.161 e. The average molecular weight is 330 g/mol. The molecule has 0 fully saturated rings. The van der Waals surface area contributed by atoms with Gasteiger partial charge in [0, 0.05) is 18.4 Å². The summed E-state index contributed by atoms with van der Waals surface area (Å²) in [6, 6.07) is 10.0. The zero-order valence-corrected chi connectivity index (χ0v) is 14.3. The van der Waals surface area contributed by atoms with Gasteiger partial charge in [0.15, 0.2) is 23.0 Å². The molecule has 0 bridgehead atoms. The first-order valence-corrected chi connectivity index (χ1v) is 8.10. The normalized spacial score (nSPS) is 16.4. The first-order chi connectivity index (χ1) is 11.7. The predicted octanol–water partition coefficient (Wildman–Crippen LogP) is 1.82. The Bertz CT molecular complexity index is 730. The fraction of sp³-hybridized carbons (Fsp3) is 0.368. The molecule has 0 saturated heterocycles. The molecule has 2 aromatic rings. The van der Waals surface area contributed by atoms with E-state index in [1.165, 1.54) is 11.1 Å². The Morgan fingerprint density at radius 1 is 1.00 bits per heavy atom. The molecule has 0 saturated carbocycles. The van der Waals surface area contributed by atoms with Crippen molar-refractivity contribution in [1.82, 2.24) is 0 Å². The highest BCUT2D eigenvalue weighted by molar-refractivity contribution is 5.49. The summed E-state index contributed by atoms with van der Waals surface area (Å²) in [5, 5.41) is 12.1. The van der Waals surface area contributed by atoms with E-state index in [-0.39, 0.29) is 5.75 Å². The molecular weight excluding hydrogens is 306 g/mol. The van der Waals surface area contributed by atoms with Crippen LogP contribution in [-0.2, 0) is 12.8 Å². The quantitative estimate of drug-likeness (QED) is 0.878. The van der Waals surface area contributed by atoms with E-state index in [4.69, 9.17) is 14.2 Å². The zero-order chi connectivity index (χ0) is 17.1. The smallest absolute Gasteiger partial charge is 0.161 e. The van der Waals surface area contributed by atoms with Gasteiger partial charge in [0.2, 0.25) is 0 Å². The topological polar surface area (TPSA) is 64.5 Å². The molecule has 0 aliphatic carbocycles. The van der Waals surface area contributed by atoms with Gasteiger partial charge in [-0.05, 0) is 35.4 Å². The van der Waals surface area contributed by atoms with Crippen LogP contribution in [0.15, 0.2) is 30.3 Å². The molecule has 3 rings (SSSR count). The molecule has 0 radical (unpaired) electrons. The minimum Gasteiger partial charge on any atom is -0.504 e. The van der Waals surface area contributed by atoms with Crippen LogP contribution in [0.25, 0.3) is 0 Å². The Labute approximate surface area is 142 Å². The van der Waals surface area contributed by atoms with Crippen molar-refractivity contribution in [2.45, 2.75) is 18.9 Å². The summed E-state index contributed by atoms with van der Waals surface area (Å²) in [7, 11) is 4.90. The molecule has 0 spiro atoms. The Morgan fingerprint density at radius 2 is 1.71 bits per heavy atom. The molecule has 5 nitrogen and oxygen atoms in total. The van der Waals surface area contributed by atoms with E-state index in [0.29, 0.717) is 11.8 Å². The molecule has 3 N–H and O–H groups in total. The second kappa shape index (κ2) is 7.01. The third kappa shape index (κ3) is 3.12. The van der Waals surface area contributed by atoms with Crippen molar-refractivity contribution in [2.75, 3.05) is 27.9 Å². The van der Waals surface area contributed by atoms with Gasteiger partial charge in [-0.15, -0.1) is 0 Å². The minimum atomic E-state index is 0.167. The van der Waals surface area contributed by atoms with E-state index in [1.807, 2.05) is 12.1 Å². The average Bonchev–Trinajstić information content (AvgIpc) is 2.62. The molecule has 24 heavy (non-hydrogen) atoms. The van der Waals surface area contributed by atoms with Crippen LogP contribution in [0.5, 0.6) is 23.0 Å². The van der Waals surface area contributed by atoms with E-state index in [1.54, 1.807) is 27.4 Å². The number of phenolic OH excluding ortho intramolecular Hbond substituents is 1. The van der Waals surface area contributed by atoms with Crippen molar-refractivity contribution < 1.29 is 24.6 Å². The second-order valence-corrected chi connectivity index (χ2v) is 6.00. The number of nitrogens with two attached hydrogens (primary N) is 1. The lowest BCUT2D eigenvalue weighted by atomic mass is 9.89. The fourth-order valence-electron chi connectivity index (χ4n) is 3.36. The lowest BCUT2D eigenvalue weighted by molar-refractivity contribution is -0.698. The van der Waals surface area contributed by atoms with Gasteiger partial charge in [-0.1, -0.05) is 6.07 Å². The molecule has 2 aromatic carbocycles. The van der Waals surface area contributed by atoms with Gasteiger partial charge >= 0.3 is 0 Å². The standard InChI is InChI=1S/C19H23NO4/c1-22-17-9-12(4-5-16(17)21)8-15-14-11-19(24-3)18(23-2)10-13(14)6-7-20-15/h4-5,9-11,15,20-21H,6-8H2,1-3H3/p+1/t15-/m0/s1. The maximum absolute atomic E-state index is 9.76. The minimum absolute atomic E-state index is 0.167. The molecule has 1 aliphatic rings. The van der Waals surface area contributed by atoms with Gasteiger partial charge in [0.25, 0.3) is 0 Å². The molecule has 128 valence electrons. The fourth-order valence-corrected chi connectivity index (χ4v) is 3.36. The third-order valence-electron chi connectivity index (χ3n) is 4.61. The number of ether oxygens (including phenoxy) is 3. The van der Waals surface area contributed by atoms with Crippen LogP contribution >= 0.6 is 0 Å². The van der Waals surface area contributed by atoms with Crippen LogP contribution in [0, 0.1) is 0 Å². The van der Waals surface area contributed by atoms with Gasteiger partial charge < -0.3 is 24.6 Å². The number of methoxy groups -OCH3 is 3. The van der Waals surface area contributed by atoms with Crippen molar-refractivity contribution in [3.8, 4) is 23.0 Å². The molecular formula is C19H24NO4+. The van der Waals surface area contributed by atoms with Crippen molar-refractivity contribution in [2.24, 2.45) is 0 Å². The SMILES string of the molecule is COc1cc(C[C@@H]2[NH2+]CCc3cc(OC)c(OC)cc32)ccc1O. The number of fused-ring (bicyclic) bond motifs is 1. The highest BCUT2D eigenvalue weighted by Crippen LogP contribution is 2.35. The first kappa shape index (κ1) is 16.5. The Balaban J connectivity index is 1.92. The molecule has 1 aliphatic heterocycles. The van der Waals surface area contributed by atoms with E-state index < -0.39 is 0 Å². The summed E-state index contributed by atoms with van der Waals surface area (Å²) in [4.78, 5) is 0. The van der Waals surface area contributed by atoms with Gasteiger partial charge in [-0.25, -0.2) is 0 Å². The number of benzene rings is 2. The van der Waals surface area contributed by atoms with Gasteiger partial charge in [0.05, 0.1) is 27.9 Å².